The van der Waals surface area contributed by atoms with Gasteiger partial charge in [-0.3, -0.25) is 4.90 Å². The van der Waals surface area contributed by atoms with E-state index in [1.165, 1.54) is 44.2 Å². The zero-order chi connectivity index (χ0) is 28.2. The number of nitrogens with one attached hydrogen (secondary N) is 1. The fourth-order valence-electron chi connectivity index (χ4n) is 5.62. The fraction of sp³-hybridized carbons (Fsp3) is 0.189. The molecule has 41 heavy (non-hydrogen) atoms. The Morgan fingerprint density at radius 2 is 1.54 bits per heavy atom. The second-order valence-electron chi connectivity index (χ2n) is 10.7. The molecule has 1 N–H and O–H groups in total. The molecule has 4 aromatic carbocycles. The summed E-state index contributed by atoms with van der Waals surface area (Å²) < 4.78 is 0. The van der Waals surface area contributed by atoms with Crippen molar-refractivity contribution in [2.75, 3.05) is 23.3 Å². The van der Waals surface area contributed by atoms with Crippen molar-refractivity contribution < 1.29 is 0 Å². The molecular weight excluding hydrogens is 518 g/mol. The Kier molecular flexibility index (Phi) is 7.86. The van der Waals surface area contributed by atoms with Crippen LogP contribution in [0.25, 0.3) is 11.3 Å². The minimum atomic E-state index is -0.182. The minimum Gasteiger partial charge on any atom is -0.367 e. The smallest absolute Gasteiger partial charge is 0.104 e. The van der Waals surface area contributed by atoms with E-state index in [1.54, 1.807) is 0 Å². The Hall–Kier alpha value is -3.99. The van der Waals surface area contributed by atoms with Gasteiger partial charge in [-0.15, -0.1) is 0 Å². The first kappa shape index (κ1) is 27.2. The lowest BCUT2D eigenvalue weighted by Gasteiger charge is -2.34. The van der Waals surface area contributed by atoms with Gasteiger partial charge in [-0.2, -0.15) is 0 Å². The molecule has 0 amide bonds. The van der Waals surface area contributed by atoms with Gasteiger partial charge in [0.2, 0.25) is 0 Å². The van der Waals surface area contributed by atoms with Crippen LogP contribution in [0.1, 0.15) is 37.5 Å². The monoisotopic (exact) mass is 555 g/mol. The Balaban J connectivity index is 1.38. The van der Waals surface area contributed by atoms with Gasteiger partial charge in [0.25, 0.3) is 0 Å². The van der Waals surface area contributed by atoms with Crippen LogP contribution in [0.3, 0.4) is 0 Å². The van der Waals surface area contributed by atoms with Gasteiger partial charge in [0.15, 0.2) is 0 Å². The van der Waals surface area contributed by atoms with Crippen LogP contribution in [-0.2, 0) is 6.54 Å². The highest BCUT2D eigenvalue weighted by atomic mass is 32.2. The first-order chi connectivity index (χ1) is 20.1. The van der Waals surface area contributed by atoms with Crippen molar-refractivity contribution >= 4 is 40.1 Å². The third-order valence-electron chi connectivity index (χ3n) is 7.84. The molecule has 0 saturated heterocycles. The summed E-state index contributed by atoms with van der Waals surface area (Å²) in [5.74, 6) is 0. The molecule has 206 valence electrons. The highest BCUT2D eigenvalue weighted by Crippen LogP contribution is 2.47. The summed E-state index contributed by atoms with van der Waals surface area (Å²) in [6.07, 6.45) is 9.07. The number of para-hydroxylation sites is 3. The van der Waals surface area contributed by atoms with Crippen molar-refractivity contribution in [3.05, 3.63) is 144 Å². The fourth-order valence-corrected chi connectivity index (χ4v) is 6.76. The van der Waals surface area contributed by atoms with Crippen molar-refractivity contribution in [2.45, 2.75) is 37.1 Å². The van der Waals surface area contributed by atoms with Crippen LogP contribution in [0.15, 0.2) is 132 Å². The van der Waals surface area contributed by atoms with E-state index in [4.69, 9.17) is 0 Å². The molecule has 3 nitrogen and oxygen atoms in total. The summed E-state index contributed by atoms with van der Waals surface area (Å²) in [7, 11) is 0. The van der Waals surface area contributed by atoms with Crippen molar-refractivity contribution in [1.82, 2.24) is 4.90 Å². The van der Waals surface area contributed by atoms with E-state index in [9.17, 15) is 0 Å². The molecule has 1 atom stereocenters. The highest BCUT2D eigenvalue weighted by Gasteiger charge is 2.30. The first-order valence-electron chi connectivity index (χ1n) is 14.5. The number of rotatable bonds is 8. The quantitative estimate of drug-likeness (QED) is 0.233. The number of anilines is 3. The van der Waals surface area contributed by atoms with E-state index in [0.29, 0.717) is 0 Å². The summed E-state index contributed by atoms with van der Waals surface area (Å²) in [6, 6.07) is 37.0. The SMILES string of the molecule is CCN(CC)Cc1ccc(C2=C/C(=C/C=C/C3(C)Nc4ccccc4S3)c3ccccc3N2c2ccccc2)cc1. The molecule has 0 fully saturated rings. The molecule has 0 aliphatic carbocycles. The lowest BCUT2D eigenvalue weighted by molar-refractivity contribution is 0.296. The topological polar surface area (TPSA) is 18.5 Å². The average Bonchev–Trinajstić information content (AvgIpc) is 3.36. The Bertz CT molecular complexity index is 1570. The largest absolute Gasteiger partial charge is 0.367 e. The van der Waals surface area contributed by atoms with Gasteiger partial charge in [-0.1, -0.05) is 111 Å². The number of thioether (sulfide) groups is 1. The van der Waals surface area contributed by atoms with Crippen LogP contribution in [0, 0.1) is 0 Å². The molecular formula is C37H37N3S. The zero-order valence-corrected chi connectivity index (χ0v) is 24.9. The highest BCUT2D eigenvalue weighted by molar-refractivity contribution is 8.01. The van der Waals surface area contributed by atoms with Crippen LogP contribution in [0.4, 0.5) is 17.1 Å². The summed E-state index contributed by atoms with van der Waals surface area (Å²) in [5, 5.41) is 3.68. The number of fused-ring (bicyclic) bond motifs is 2. The molecule has 6 rings (SSSR count). The van der Waals surface area contributed by atoms with Crippen molar-refractivity contribution in [3.8, 4) is 0 Å². The van der Waals surface area contributed by atoms with Gasteiger partial charge in [-0.25, -0.2) is 0 Å². The maximum absolute atomic E-state index is 3.68. The van der Waals surface area contributed by atoms with Crippen molar-refractivity contribution in [1.29, 1.82) is 0 Å². The average molecular weight is 556 g/mol. The van der Waals surface area contributed by atoms with Crippen LogP contribution in [-0.4, -0.2) is 22.9 Å². The third-order valence-corrected chi connectivity index (χ3v) is 9.07. The van der Waals surface area contributed by atoms with Gasteiger partial charge in [-0.05, 0) is 79.2 Å². The molecule has 2 heterocycles. The molecule has 0 aromatic heterocycles. The van der Waals surface area contributed by atoms with E-state index in [2.05, 4.69) is 163 Å². The molecule has 0 radical (unpaired) electrons. The summed E-state index contributed by atoms with van der Waals surface area (Å²) in [4.78, 5) is 5.95. The van der Waals surface area contributed by atoms with Crippen LogP contribution >= 0.6 is 11.8 Å². The Morgan fingerprint density at radius 1 is 0.829 bits per heavy atom. The first-order valence-corrected chi connectivity index (χ1v) is 15.3. The van der Waals surface area contributed by atoms with Gasteiger partial charge >= 0.3 is 0 Å². The molecule has 4 heteroatoms. The zero-order valence-electron chi connectivity index (χ0n) is 24.0. The second-order valence-corrected chi connectivity index (χ2v) is 12.2. The predicted molar refractivity (Wildman–Crippen MR) is 178 cm³/mol. The standard InChI is InChI=1S/C37H37N3S/c1-4-39(5-2)27-28-21-23-29(24-22-28)35-26-30(14-13-25-37(3)38-33-18-10-12-20-36(33)41-37)32-17-9-11-19-34(32)40(35)31-15-7-6-8-16-31/h6-26,38H,4-5,27H2,1-3H3/b25-13+,30-14-. The molecule has 2 aliphatic rings. The summed E-state index contributed by atoms with van der Waals surface area (Å²) in [6.45, 7) is 9.78. The number of nitrogens with zero attached hydrogens (tertiary/aromatic N) is 2. The molecule has 2 aliphatic heterocycles. The van der Waals surface area contributed by atoms with Gasteiger partial charge in [0.05, 0.1) is 11.4 Å². The number of benzene rings is 4. The van der Waals surface area contributed by atoms with Crippen molar-refractivity contribution in [3.63, 3.8) is 0 Å². The van der Waals surface area contributed by atoms with Crippen LogP contribution < -0.4 is 10.2 Å². The Morgan fingerprint density at radius 3 is 2.29 bits per heavy atom. The molecule has 0 bridgehead atoms. The normalized spacial score (nSPS) is 18.9. The van der Waals surface area contributed by atoms with Crippen LogP contribution in [0.5, 0.6) is 0 Å². The third kappa shape index (κ3) is 5.76. The van der Waals surface area contributed by atoms with E-state index >= 15 is 0 Å². The lowest BCUT2D eigenvalue weighted by Crippen LogP contribution is -2.23. The van der Waals surface area contributed by atoms with Crippen molar-refractivity contribution in [2.24, 2.45) is 0 Å². The Labute approximate surface area is 248 Å². The van der Waals surface area contributed by atoms with Gasteiger partial charge < -0.3 is 10.2 Å². The van der Waals surface area contributed by atoms with Gasteiger partial charge in [0.1, 0.15) is 4.87 Å². The number of allylic oxidation sites excluding steroid dienone is 4. The molecule has 1 unspecified atom stereocenters. The molecule has 0 saturated carbocycles. The molecule has 0 spiro atoms. The summed E-state index contributed by atoms with van der Waals surface area (Å²) in [5.41, 5.74) is 9.70. The maximum Gasteiger partial charge on any atom is 0.104 e. The van der Waals surface area contributed by atoms with E-state index < -0.39 is 0 Å². The number of hydrogen-bond donors (Lipinski definition) is 1. The minimum absolute atomic E-state index is 0.182. The second kappa shape index (κ2) is 11.9. The van der Waals surface area contributed by atoms with E-state index in [0.717, 1.165) is 25.3 Å². The van der Waals surface area contributed by atoms with E-state index in [1.807, 2.05) is 11.8 Å². The van der Waals surface area contributed by atoms with E-state index in [-0.39, 0.29) is 4.87 Å². The number of hydrogen-bond acceptors (Lipinski definition) is 4. The molecule has 4 aromatic rings. The lowest BCUT2D eigenvalue weighted by atomic mass is 9.93. The maximum atomic E-state index is 3.68. The summed E-state index contributed by atoms with van der Waals surface area (Å²) >= 11 is 1.86. The van der Waals surface area contributed by atoms with Gasteiger partial charge in [0, 0.05) is 28.4 Å². The predicted octanol–water partition coefficient (Wildman–Crippen LogP) is 9.59. The van der Waals surface area contributed by atoms with Crippen LogP contribution in [0.2, 0.25) is 0 Å².